The number of alkyl halides is 2. The number of hydrogen-bond acceptors (Lipinski definition) is 3. The maximum atomic E-state index is 12.1. The SMILES string of the molecule is CN(CCNC(=O)NCCc1ccc(OC(F)F)cc1)c1ccccc1. The standard InChI is InChI=1S/C19H23F2N3O2/c1-24(16-5-3-2-4-6-16)14-13-23-19(25)22-12-11-15-7-9-17(10-8-15)26-18(20)21/h2-10,18H,11-14H2,1H3,(H2,22,23,25). The minimum absolute atomic E-state index is 0.122. The van der Waals surface area contributed by atoms with E-state index in [1.54, 1.807) is 12.1 Å². The lowest BCUT2D eigenvalue weighted by atomic mass is 10.1. The minimum atomic E-state index is -2.83. The highest BCUT2D eigenvalue weighted by Crippen LogP contribution is 2.15. The summed E-state index contributed by atoms with van der Waals surface area (Å²) in [5, 5.41) is 5.58. The topological polar surface area (TPSA) is 53.6 Å². The molecule has 2 amide bonds. The van der Waals surface area contributed by atoms with Crippen LogP contribution in [-0.4, -0.2) is 39.3 Å². The summed E-state index contributed by atoms with van der Waals surface area (Å²) in [6, 6.07) is 16.1. The van der Waals surface area contributed by atoms with Gasteiger partial charge in [0.1, 0.15) is 5.75 Å². The number of halogens is 2. The fourth-order valence-corrected chi connectivity index (χ4v) is 2.37. The molecular weight excluding hydrogens is 340 g/mol. The number of para-hydroxylation sites is 1. The van der Waals surface area contributed by atoms with Crippen LogP contribution in [0.15, 0.2) is 54.6 Å². The zero-order chi connectivity index (χ0) is 18.8. The van der Waals surface area contributed by atoms with E-state index in [-0.39, 0.29) is 11.8 Å². The van der Waals surface area contributed by atoms with Crippen molar-refractivity contribution in [3.8, 4) is 5.75 Å². The monoisotopic (exact) mass is 363 g/mol. The van der Waals surface area contributed by atoms with Gasteiger partial charge in [-0.05, 0) is 36.2 Å². The predicted molar refractivity (Wildman–Crippen MR) is 97.9 cm³/mol. The van der Waals surface area contributed by atoms with Gasteiger partial charge < -0.3 is 20.3 Å². The van der Waals surface area contributed by atoms with Crippen LogP contribution in [0.2, 0.25) is 0 Å². The molecule has 0 fully saturated rings. The van der Waals surface area contributed by atoms with Gasteiger partial charge in [-0.3, -0.25) is 0 Å². The molecule has 0 spiro atoms. The van der Waals surface area contributed by atoms with E-state index in [9.17, 15) is 13.6 Å². The average Bonchev–Trinajstić information content (AvgIpc) is 2.63. The second-order valence-corrected chi connectivity index (χ2v) is 5.71. The fraction of sp³-hybridized carbons (Fsp3) is 0.316. The molecule has 0 unspecified atom stereocenters. The third-order valence-electron chi connectivity index (χ3n) is 3.78. The largest absolute Gasteiger partial charge is 0.435 e. The number of likely N-dealkylation sites (N-methyl/N-ethyl adjacent to an activating group) is 1. The minimum Gasteiger partial charge on any atom is -0.435 e. The molecule has 0 atom stereocenters. The van der Waals surface area contributed by atoms with Crippen LogP contribution in [0.4, 0.5) is 19.3 Å². The number of nitrogens with zero attached hydrogens (tertiary/aromatic N) is 1. The Kier molecular flexibility index (Phi) is 7.67. The van der Waals surface area contributed by atoms with Crippen LogP contribution in [0.3, 0.4) is 0 Å². The zero-order valence-corrected chi connectivity index (χ0v) is 14.6. The lowest BCUT2D eigenvalue weighted by Gasteiger charge is -2.19. The van der Waals surface area contributed by atoms with Gasteiger partial charge in [0, 0.05) is 32.4 Å². The first-order chi connectivity index (χ1) is 12.5. The maximum Gasteiger partial charge on any atom is 0.387 e. The first-order valence-electron chi connectivity index (χ1n) is 8.36. The number of carbonyl (C=O) groups excluding carboxylic acids is 1. The van der Waals surface area contributed by atoms with Gasteiger partial charge in [0.25, 0.3) is 0 Å². The quantitative estimate of drug-likeness (QED) is 0.719. The van der Waals surface area contributed by atoms with Crippen molar-refractivity contribution in [3.05, 3.63) is 60.2 Å². The van der Waals surface area contributed by atoms with Crippen LogP contribution in [0, 0.1) is 0 Å². The summed E-state index contributed by atoms with van der Waals surface area (Å²) >= 11 is 0. The molecule has 0 aliphatic carbocycles. The van der Waals surface area contributed by atoms with Crippen LogP contribution in [0.1, 0.15) is 5.56 Å². The second-order valence-electron chi connectivity index (χ2n) is 5.71. The van der Waals surface area contributed by atoms with Gasteiger partial charge in [0.05, 0.1) is 0 Å². The van der Waals surface area contributed by atoms with Crippen LogP contribution in [0.5, 0.6) is 5.75 Å². The first kappa shape index (κ1) is 19.5. The van der Waals surface area contributed by atoms with E-state index >= 15 is 0 Å². The summed E-state index contributed by atoms with van der Waals surface area (Å²) in [4.78, 5) is 13.8. The number of amides is 2. The molecule has 5 nitrogen and oxygen atoms in total. The number of benzene rings is 2. The van der Waals surface area contributed by atoms with Crippen molar-refractivity contribution in [2.45, 2.75) is 13.0 Å². The van der Waals surface area contributed by atoms with E-state index in [0.717, 1.165) is 11.3 Å². The van der Waals surface area contributed by atoms with Crippen molar-refractivity contribution >= 4 is 11.7 Å². The molecule has 0 saturated carbocycles. The van der Waals surface area contributed by atoms with Crippen LogP contribution >= 0.6 is 0 Å². The van der Waals surface area contributed by atoms with E-state index in [4.69, 9.17) is 0 Å². The Hall–Kier alpha value is -2.83. The van der Waals surface area contributed by atoms with Crippen molar-refractivity contribution < 1.29 is 18.3 Å². The van der Waals surface area contributed by atoms with Crippen molar-refractivity contribution in [2.24, 2.45) is 0 Å². The number of urea groups is 1. The van der Waals surface area contributed by atoms with E-state index in [1.807, 2.05) is 37.4 Å². The summed E-state index contributed by atoms with van der Waals surface area (Å²) in [6.07, 6.45) is 0.603. The van der Waals surface area contributed by atoms with Crippen LogP contribution in [0.25, 0.3) is 0 Å². The number of hydrogen-bond donors (Lipinski definition) is 2. The molecule has 140 valence electrons. The molecule has 7 heteroatoms. The predicted octanol–water partition coefficient (Wildman–Crippen LogP) is 3.27. The first-order valence-corrected chi connectivity index (χ1v) is 8.36. The molecule has 2 aromatic rings. The van der Waals surface area contributed by atoms with Gasteiger partial charge in [0.15, 0.2) is 0 Å². The lowest BCUT2D eigenvalue weighted by molar-refractivity contribution is -0.0498. The van der Waals surface area contributed by atoms with E-state index in [2.05, 4.69) is 20.3 Å². The van der Waals surface area contributed by atoms with Gasteiger partial charge in [-0.1, -0.05) is 30.3 Å². The van der Waals surface area contributed by atoms with Crippen molar-refractivity contribution in [1.29, 1.82) is 0 Å². The summed E-state index contributed by atoms with van der Waals surface area (Å²) < 4.78 is 28.5. The Labute approximate surface area is 152 Å². The molecule has 26 heavy (non-hydrogen) atoms. The van der Waals surface area contributed by atoms with E-state index < -0.39 is 6.61 Å². The average molecular weight is 363 g/mol. The van der Waals surface area contributed by atoms with Gasteiger partial charge in [-0.2, -0.15) is 8.78 Å². The van der Waals surface area contributed by atoms with Gasteiger partial charge >= 0.3 is 12.6 Å². The van der Waals surface area contributed by atoms with Crippen LogP contribution in [-0.2, 0) is 6.42 Å². The molecule has 0 radical (unpaired) electrons. The van der Waals surface area contributed by atoms with Crippen molar-refractivity contribution in [3.63, 3.8) is 0 Å². The molecule has 0 aliphatic rings. The van der Waals surface area contributed by atoms with Gasteiger partial charge in [-0.25, -0.2) is 4.79 Å². The van der Waals surface area contributed by atoms with Crippen molar-refractivity contribution in [2.75, 3.05) is 31.6 Å². The molecule has 2 N–H and O–H groups in total. The Morgan fingerprint density at radius 2 is 1.69 bits per heavy atom. The zero-order valence-electron chi connectivity index (χ0n) is 14.6. The lowest BCUT2D eigenvalue weighted by Crippen LogP contribution is -2.40. The Bertz CT molecular complexity index is 666. The number of nitrogens with one attached hydrogen (secondary N) is 2. The Morgan fingerprint density at radius 1 is 1.04 bits per heavy atom. The Balaban J connectivity index is 1.61. The molecule has 0 bridgehead atoms. The molecule has 0 aliphatic heterocycles. The fourth-order valence-electron chi connectivity index (χ4n) is 2.37. The third kappa shape index (κ3) is 6.96. The molecule has 2 rings (SSSR count). The normalized spacial score (nSPS) is 10.5. The van der Waals surface area contributed by atoms with E-state index in [1.165, 1.54) is 12.1 Å². The smallest absolute Gasteiger partial charge is 0.387 e. The summed E-state index contributed by atoms with van der Waals surface area (Å²) in [5.41, 5.74) is 2.02. The summed E-state index contributed by atoms with van der Waals surface area (Å²) in [6.45, 7) is -1.15. The number of anilines is 1. The molecule has 0 saturated heterocycles. The Morgan fingerprint density at radius 3 is 2.35 bits per heavy atom. The van der Waals surface area contributed by atoms with Crippen molar-refractivity contribution in [1.82, 2.24) is 10.6 Å². The maximum absolute atomic E-state index is 12.1. The number of carbonyl (C=O) groups is 1. The number of rotatable bonds is 9. The molecule has 0 heterocycles. The molecule has 2 aromatic carbocycles. The van der Waals surface area contributed by atoms with Gasteiger partial charge in [0.2, 0.25) is 0 Å². The van der Waals surface area contributed by atoms with E-state index in [0.29, 0.717) is 26.1 Å². The highest BCUT2D eigenvalue weighted by atomic mass is 19.3. The summed E-state index contributed by atoms with van der Waals surface area (Å²) in [7, 11) is 1.97. The van der Waals surface area contributed by atoms with Gasteiger partial charge in [-0.15, -0.1) is 0 Å². The third-order valence-corrected chi connectivity index (χ3v) is 3.78. The molecular formula is C19H23F2N3O2. The molecule has 0 aromatic heterocycles. The second kappa shape index (κ2) is 10.2. The summed E-state index contributed by atoms with van der Waals surface area (Å²) in [5.74, 6) is 0.122. The van der Waals surface area contributed by atoms with Crippen LogP contribution < -0.4 is 20.3 Å². The highest BCUT2D eigenvalue weighted by molar-refractivity contribution is 5.73. The number of ether oxygens (including phenoxy) is 1. The highest BCUT2D eigenvalue weighted by Gasteiger charge is 2.05.